The van der Waals surface area contributed by atoms with E-state index in [1.54, 1.807) is 6.08 Å². The Morgan fingerprint density at radius 2 is 2.38 bits per heavy atom. The van der Waals surface area contributed by atoms with Crippen LogP contribution in [0.4, 0.5) is 0 Å². The van der Waals surface area contributed by atoms with Crippen molar-refractivity contribution < 1.29 is 14.7 Å². The highest BCUT2D eigenvalue weighted by atomic mass is 16.4. The fourth-order valence-corrected chi connectivity index (χ4v) is 1.09. The van der Waals surface area contributed by atoms with E-state index in [0.717, 1.165) is 0 Å². The predicted octanol–water partition coefficient (Wildman–Crippen LogP) is 0.274. The van der Waals surface area contributed by atoms with Crippen LogP contribution in [0.3, 0.4) is 0 Å². The number of hydrogen-bond acceptors (Lipinski definition) is 3. The Bertz CT molecular complexity index is 398. The molecule has 0 saturated carbocycles. The summed E-state index contributed by atoms with van der Waals surface area (Å²) in [4.78, 5) is 21.7. The monoisotopic (exact) mass is 223 g/mol. The Kier molecular flexibility index (Phi) is 4.26. The normalized spacial score (nSPS) is 9.75. The van der Waals surface area contributed by atoms with Gasteiger partial charge < -0.3 is 10.4 Å². The molecular formula is C10H13N3O3. The van der Waals surface area contributed by atoms with Gasteiger partial charge in [0, 0.05) is 25.7 Å². The van der Waals surface area contributed by atoms with Crippen molar-refractivity contribution in [2.75, 3.05) is 6.54 Å². The Labute approximate surface area is 92.6 Å². The van der Waals surface area contributed by atoms with Crippen LogP contribution in [0.2, 0.25) is 0 Å². The molecule has 0 unspecified atom stereocenters. The summed E-state index contributed by atoms with van der Waals surface area (Å²) in [5.41, 5.74) is 0.117. The fraction of sp³-hybridized carbons (Fsp3) is 0.300. The average molecular weight is 223 g/mol. The zero-order chi connectivity index (χ0) is 12.0. The lowest BCUT2D eigenvalue weighted by Gasteiger charge is -2.02. The second-order valence-corrected chi connectivity index (χ2v) is 3.14. The number of amides is 1. The summed E-state index contributed by atoms with van der Waals surface area (Å²) in [5.74, 6) is -1.14. The first kappa shape index (κ1) is 12.0. The van der Waals surface area contributed by atoms with E-state index in [4.69, 9.17) is 5.11 Å². The maximum absolute atomic E-state index is 11.2. The van der Waals surface area contributed by atoms with Crippen molar-refractivity contribution in [1.29, 1.82) is 0 Å². The summed E-state index contributed by atoms with van der Waals surface area (Å²) in [6.45, 7) is 4.26. The molecule has 0 aliphatic rings. The number of carbonyl (C=O) groups excluding carboxylic acids is 1. The van der Waals surface area contributed by atoms with E-state index in [9.17, 15) is 9.59 Å². The first-order valence-corrected chi connectivity index (χ1v) is 4.77. The van der Waals surface area contributed by atoms with Crippen LogP contribution in [-0.2, 0) is 11.3 Å². The third kappa shape index (κ3) is 3.56. The number of carboxylic acid groups (broad SMARTS) is 1. The van der Waals surface area contributed by atoms with Crippen molar-refractivity contribution in [3.63, 3.8) is 0 Å². The van der Waals surface area contributed by atoms with Crippen LogP contribution in [0.25, 0.3) is 0 Å². The molecule has 6 heteroatoms. The molecule has 0 fully saturated rings. The van der Waals surface area contributed by atoms with Gasteiger partial charge in [-0.05, 0) is 0 Å². The molecule has 0 atom stereocenters. The zero-order valence-corrected chi connectivity index (χ0v) is 8.72. The molecule has 0 bridgehead atoms. The van der Waals surface area contributed by atoms with Crippen molar-refractivity contribution in [3.05, 3.63) is 30.6 Å². The number of carboxylic acids is 1. The van der Waals surface area contributed by atoms with Crippen molar-refractivity contribution in [1.82, 2.24) is 15.1 Å². The number of aryl methyl sites for hydroxylation is 1. The molecule has 1 heterocycles. The number of aromatic nitrogens is 2. The Morgan fingerprint density at radius 3 is 2.94 bits per heavy atom. The largest absolute Gasteiger partial charge is 0.478 e. The second kappa shape index (κ2) is 5.69. The van der Waals surface area contributed by atoms with Crippen LogP contribution >= 0.6 is 0 Å². The minimum atomic E-state index is -1.03. The molecule has 86 valence electrons. The number of aromatic carboxylic acids is 1. The van der Waals surface area contributed by atoms with E-state index in [1.165, 1.54) is 17.1 Å². The molecule has 0 spiro atoms. The number of carbonyl (C=O) groups is 2. The minimum absolute atomic E-state index is 0.117. The van der Waals surface area contributed by atoms with E-state index < -0.39 is 5.97 Å². The quantitative estimate of drug-likeness (QED) is 0.678. The van der Waals surface area contributed by atoms with Crippen molar-refractivity contribution in [2.45, 2.75) is 13.0 Å². The Morgan fingerprint density at radius 1 is 1.62 bits per heavy atom. The molecule has 0 aromatic carbocycles. The zero-order valence-electron chi connectivity index (χ0n) is 8.72. The van der Waals surface area contributed by atoms with Gasteiger partial charge in [-0.15, -0.1) is 6.58 Å². The molecule has 16 heavy (non-hydrogen) atoms. The number of rotatable bonds is 6. The van der Waals surface area contributed by atoms with Gasteiger partial charge in [0.1, 0.15) is 0 Å². The van der Waals surface area contributed by atoms with Gasteiger partial charge in [0.2, 0.25) is 5.91 Å². The SMILES string of the molecule is C=CCNC(=O)CCn1cc(C(=O)O)cn1. The predicted molar refractivity (Wildman–Crippen MR) is 57.0 cm³/mol. The molecule has 0 saturated heterocycles. The van der Waals surface area contributed by atoms with Gasteiger partial charge in [0.05, 0.1) is 11.8 Å². The molecule has 2 N–H and O–H groups in total. The summed E-state index contributed by atoms with van der Waals surface area (Å²) in [7, 11) is 0. The highest BCUT2D eigenvalue weighted by Gasteiger charge is 2.06. The van der Waals surface area contributed by atoms with Crippen LogP contribution in [-0.4, -0.2) is 33.3 Å². The summed E-state index contributed by atoms with van der Waals surface area (Å²) in [5, 5.41) is 15.1. The Balaban J connectivity index is 2.39. The highest BCUT2D eigenvalue weighted by molar-refractivity contribution is 5.86. The summed E-state index contributed by atoms with van der Waals surface area (Å²) in [6, 6.07) is 0. The van der Waals surface area contributed by atoms with E-state index >= 15 is 0 Å². The smallest absolute Gasteiger partial charge is 0.338 e. The van der Waals surface area contributed by atoms with Crippen LogP contribution in [0.15, 0.2) is 25.0 Å². The third-order valence-electron chi connectivity index (χ3n) is 1.89. The van der Waals surface area contributed by atoms with E-state index in [2.05, 4.69) is 17.0 Å². The first-order valence-electron chi connectivity index (χ1n) is 4.77. The van der Waals surface area contributed by atoms with Crippen molar-refractivity contribution in [2.24, 2.45) is 0 Å². The average Bonchev–Trinajstić information content (AvgIpc) is 2.72. The molecule has 0 radical (unpaired) electrons. The number of nitrogens with zero attached hydrogens (tertiary/aromatic N) is 2. The molecular weight excluding hydrogens is 210 g/mol. The highest BCUT2D eigenvalue weighted by Crippen LogP contribution is 1.98. The lowest BCUT2D eigenvalue weighted by Crippen LogP contribution is -2.24. The maximum Gasteiger partial charge on any atom is 0.338 e. The molecule has 1 rings (SSSR count). The van der Waals surface area contributed by atoms with Crippen LogP contribution in [0.1, 0.15) is 16.8 Å². The van der Waals surface area contributed by atoms with Gasteiger partial charge >= 0.3 is 5.97 Å². The van der Waals surface area contributed by atoms with Crippen LogP contribution < -0.4 is 5.32 Å². The summed E-state index contributed by atoms with van der Waals surface area (Å²) < 4.78 is 1.43. The van der Waals surface area contributed by atoms with E-state index in [-0.39, 0.29) is 17.9 Å². The van der Waals surface area contributed by atoms with Gasteiger partial charge in [-0.1, -0.05) is 6.08 Å². The van der Waals surface area contributed by atoms with Gasteiger partial charge in [0.25, 0.3) is 0 Å². The van der Waals surface area contributed by atoms with Crippen LogP contribution in [0, 0.1) is 0 Å². The second-order valence-electron chi connectivity index (χ2n) is 3.14. The van der Waals surface area contributed by atoms with E-state index in [0.29, 0.717) is 13.1 Å². The van der Waals surface area contributed by atoms with Crippen molar-refractivity contribution in [3.8, 4) is 0 Å². The number of hydrogen-bond donors (Lipinski definition) is 2. The molecule has 1 amide bonds. The minimum Gasteiger partial charge on any atom is -0.478 e. The van der Waals surface area contributed by atoms with Gasteiger partial charge in [-0.3, -0.25) is 9.48 Å². The molecule has 0 aliphatic carbocycles. The van der Waals surface area contributed by atoms with Crippen LogP contribution in [0.5, 0.6) is 0 Å². The van der Waals surface area contributed by atoms with Gasteiger partial charge in [-0.2, -0.15) is 5.10 Å². The topological polar surface area (TPSA) is 84.2 Å². The number of nitrogens with one attached hydrogen (secondary N) is 1. The van der Waals surface area contributed by atoms with E-state index in [1.807, 2.05) is 0 Å². The lowest BCUT2D eigenvalue weighted by atomic mass is 10.3. The molecule has 0 aliphatic heterocycles. The first-order chi connectivity index (χ1) is 7.63. The third-order valence-corrected chi connectivity index (χ3v) is 1.89. The molecule has 1 aromatic rings. The summed E-state index contributed by atoms with van der Waals surface area (Å²) in [6.07, 6.45) is 4.50. The Hall–Kier alpha value is -2.11. The lowest BCUT2D eigenvalue weighted by molar-refractivity contribution is -0.121. The molecule has 6 nitrogen and oxygen atoms in total. The standard InChI is InChI=1S/C10H13N3O3/c1-2-4-11-9(14)3-5-13-7-8(6-12-13)10(15)16/h2,6-7H,1,3-5H2,(H,11,14)(H,15,16). The molecule has 1 aromatic heterocycles. The fourth-order valence-electron chi connectivity index (χ4n) is 1.09. The van der Waals surface area contributed by atoms with Crippen molar-refractivity contribution >= 4 is 11.9 Å². The van der Waals surface area contributed by atoms with Gasteiger partial charge in [0.15, 0.2) is 0 Å². The van der Waals surface area contributed by atoms with Gasteiger partial charge in [-0.25, -0.2) is 4.79 Å². The maximum atomic E-state index is 11.2. The summed E-state index contributed by atoms with van der Waals surface area (Å²) >= 11 is 0.